The predicted molar refractivity (Wildman–Crippen MR) is 40.2 cm³/mol. The number of allylic oxidation sites excluding steroid dienone is 1. The first-order valence-corrected chi connectivity index (χ1v) is 2.78. The maximum absolute atomic E-state index is 3.86. The highest BCUT2D eigenvalue weighted by Gasteiger charge is 1.99. The normalized spacial score (nSPS) is 9.30. The van der Waals surface area contributed by atoms with Crippen molar-refractivity contribution in [3.8, 4) is 0 Å². The maximum atomic E-state index is 3.86. The van der Waals surface area contributed by atoms with Gasteiger partial charge in [-0.25, -0.2) is 9.67 Å². The van der Waals surface area contributed by atoms with Gasteiger partial charge in [0.05, 0.1) is 0 Å². The third-order valence-electron chi connectivity index (χ3n) is 1.03. The largest absolute Gasteiger partial charge is 0.251 e. The van der Waals surface area contributed by atoms with E-state index in [1.807, 2.05) is 6.92 Å². The SMILES string of the molecule is C=Nc1ncnn1C(=C)C. The third-order valence-corrected chi connectivity index (χ3v) is 1.03. The minimum absolute atomic E-state index is 0.479. The summed E-state index contributed by atoms with van der Waals surface area (Å²) in [7, 11) is 0. The summed E-state index contributed by atoms with van der Waals surface area (Å²) in [5.41, 5.74) is 0.778. The summed E-state index contributed by atoms with van der Waals surface area (Å²) >= 11 is 0. The molecular formula is C6H8N4. The van der Waals surface area contributed by atoms with Gasteiger partial charge in [-0.05, 0) is 13.6 Å². The van der Waals surface area contributed by atoms with E-state index in [9.17, 15) is 0 Å². The van der Waals surface area contributed by atoms with Crippen LogP contribution in [0, 0.1) is 0 Å². The van der Waals surface area contributed by atoms with Gasteiger partial charge in [-0.1, -0.05) is 6.58 Å². The van der Waals surface area contributed by atoms with Crippen LogP contribution in [0.5, 0.6) is 0 Å². The van der Waals surface area contributed by atoms with Gasteiger partial charge in [0.15, 0.2) is 0 Å². The first kappa shape index (κ1) is 6.67. The van der Waals surface area contributed by atoms with Gasteiger partial charge in [-0.2, -0.15) is 10.1 Å². The van der Waals surface area contributed by atoms with Crippen molar-refractivity contribution in [3.05, 3.63) is 12.9 Å². The Kier molecular flexibility index (Phi) is 1.62. The molecule has 52 valence electrons. The van der Waals surface area contributed by atoms with Crippen LogP contribution in [0.3, 0.4) is 0 Å². The van der Waals surface area contributed by atoms with Crippen LogP contribution in [0.25, 0.3) is 5.70 Å². The van der Waals surface area contributed by atoms with E-state index in [2.05, 4.69) is 28.4 Å². The van der Waals surface area contributed by atoms with Crippen LogP contribution < -0.4 is 0 Å². The van der Waals surface area contributed by atoms with E-state index < -0.39 is 0 Å². The van der Waals surface area contributed by atoms with Crippen LogP contribution in [-0.2, 0) is 0 Å². The van der Waals surface area contributed by atoms with Crippen molar-refractivity contribution in [2.75, 3.05) is 0 Å². The molecule has 0 bridgehead atoms. The van der Waals surface area contributed by atoms with Gasteiger partial charge in [-0.15, -0.1) is 0 Å². The Hall–Kier alpha value is -1.45. The van der Waals surface area contributed by atoms with Crippen LogP contribution >= 0.6 is 0 Å². The zero-order valence-corrected chi connectivity index (χ0v) is 5.78. The van der Waals surface area contributed by atoms with Crippen molar-refractivity contribution in [2.45, 2.75) is 6.92 Å². The molecule has 1 aromatic rings. The lowest BCUT2D eigenvalue weighted by Gasteiger charge is -1.97. The zero-order valence-electron chi connectivity index (χ0n) is 5.78. The highest BCUT2D eigenvalue weighted by atomic mass is 15.4. The highest BCUT2D eigenvalue weighted by Crippen LogP contribution is 2.08. The smallest absolute Gasteiger partial charge is 0.228 e. The molecular weight excluding hydrogens is 128 g/mol. The molecule has 0 amide bonds. The molecule has 0 fully saturated rings. The molecule has 0 spiro atoms. The third kappa shape index (κ3) is 0.953. The van der Waals surface area contributed by atoms with E-state index >= 15 is 0 Å². The standard InChI is InChI=1S/C6H8N4/c1-5(2)10-6(7-3)8-4-9-10/h4H,1,3H2,2H3. The minimum atomic E-state index is 0.479. The van der Waals surface area contributed by atoms with Gasteiger partial charge in [-0.3, -0.25) is 0 Å². The number of nitrogens with zero attached hydrogens (tertiary/aromatic N) is 4. The Balaban J connectivity index is 3.13. The number of aliphatic imine (C=N–C) groups is 1. The Labute approximate surface area is 58.9 Å². The fraction of sp³-hybridized carbons (Fsp3) is 0.167. The second-order valence-electron chi connectivity index (χ2n) is 1.87. The quantitative estimate of drug-likeness (QED) is 0.571. The summed E-state index contributed by atoms with van der Waals surface area (Å²) in [5, 5.41) is 3.86. The number of hydrogen-bond donors (Lipinski definition) is 0. The van der Waals surface area contributed by atoms with Crippen molar-refractivity contribution in [1.82, 2.24) is 14.8 Å². The second kappa shape index (κ2) is 2.43. The van der Waals surface area contributed by atoms with Gasteiger partial charge in [0.2, 0.25) is 0 Å². The van der Waals surface area contributed by atoms with Crippen LogP contribution in [0.1, 0.15) is 6.92 Å². The molecule has 0 radical (unpaired) electrons. The molecule has 1 heterocycles. The minimum Gasteiger partial charge on any atom is -0.228 e. The van der Waals surface area contributed by atoms with Crippen molar-refractivity contribution in [2.24, 2.45) is 4.99 Å². The lowest BCUT2D eigenvalue weighted by Crippen LogP contribution is -1.92. The second-order valence-corrected chi connectivity index (χ2v) is 1.87. The molecule has 4 heteroatoms. The Bertz CT molecular complexity index is 260. The topological polar surface area (TPSA) is 43.1 Å². The summed E-state index contributed by atoms with van der Waals surface area (Å²) in [6.07, 6.45) is 1.42. The molecule has 10 heavy (non-hydrogen) atoms. The van der Waals surface area contributed by atoms with Gasteiger partial charge in [0.25, 0.3) is 5.95 Å². The van der Waals surface area contributed by atoms with Gasteiger partial charge < -0.3 is 0 Å². The molecule has 0 aromatic carbocycles. The van der Waals surface area contributed by atoms with Crippen LogP contribution in [0.4, 0.5) is 5.95 Å². The summed E-state index contributed by atoms with van der Waals surface area (Å²) in [6.45, 7) is 8.83. The molecule has 0 aliphatic rings. The Morgan fingerprint density at radius 3 is 2.90 bits per heavy atom. The molecule has 0 saturated heterocycles. The lowest BCUT2D eigenvalue weighted by atomic mass is 10.6. The van der Waals surface area contributed by atoms with Crippen molar-refractivity contribution >= 4 is 18.4 Å². The van der Waals surface area contributed by atoms with Crippen molar-refractivity contribution in [1.29, 1.82) is 0 Å². The average Bonchev–Trinajstić information content (AvgIpc) is 2.33. The predicted octanol–water partition coefficient (Wildman–Crippen LogP) is 1.10. The first-order chi connectivity index (χ1) is 4.75. The summed E-state index contributed by atoms with van der Waals surface area (Å²) in [5.74, 6) is 0.479. The molecule has 0 atom stereocenters. The number of rotatable bonds is 2. The summed E-state index contributed by atoms with van der Waals surface area (Å²) < 4.78 is 1.52. The van der Waals surface area contributed by atoms with Crippen LogP contribution in [0.15, 0.2) is 17.9 Å². The van der Waals surface area contributed by atoms with E-state index in [1.54, 1.807) is 0 Å². The van der Waals surface area contributed by atoms with E-state index in [0.29, 0.717) is 5.95 Å². The monoisotopic (exact) mass is 136 g/mol. The van der Waals surface area contributed by atoms with E-state index in [0.717, 1.165) is 5.70 Å². The molecule has 1 rings (SSSR count). The van der Waals surface area contributed by atoms with Gasteiger partial charge in [0.1, 0.15) is 6.33 Å². The first-order valence-electron chi connectivity index (χ1n) is 2.78. The van der Waals surface area contributed by atoms with Crippen molar-refractivity contribution in [3.63, 3.8) is 0 Å². The summed E-state index contributed by atoms with van der Waals surface area (Å²) in [6, 6.07) is 0. The van der Waals surface area contributed by atoms with E-state index in [1.165, 1.54) is 11.0 Å². The molecule has 0 N–H and O–H groups in total. The van der Waals surface area contributed by atoms with E-state index in [4.69, 9.17) is 0 Å². The number of hydrogen-bond acceptors (Lipinski definition) is 3. The average molecular weight is 136 g/mol. The molecule has 0 aliphatic carbocycles. The molecule has 4 nitrogen and oxygen atoms in total. The zero-order chi connectivity index (χ0) is 7.56. The Morgan fingerprint density at radius 1 is 1.80 bits per heavy atom. The molecule has 0 aliphatic heterocycles. The molecule has 0 unspecified atom stereocenters. The fourth-order valence-electron chi connectivity index (χ4n) is 0.613. The molecule has 0 saturated carbocycles. The van der Waals surface area contributed by atoms with E-state index in [-0.39, 0.29) is 0 Å². The maximum Gasteiger partial charge on any atom is 0.251 e. The highest BCUT2D eigenvalue weighted by molar-refractivity contribution is 5.45. The van der Waals surface area contributed by atoms with Crippen LogP contribution in [0.2, 0.25) is 0 Å². The molecule has 1 aromatic heterocycles. The number of aromatic nitrogens is 3. The lowest BCUT2D eigenvalue weighted by molar-refractivity contribution is 0.897. The van der Waals surface area contributed by atoms with Crippen molar-refractivity contribution < 1.29 is 0 Å². The fourth-order valence-corrected chi connectivity index (χ4v) is 0.613. The van der Waals surface area contributed by atoms with Gasteiger partial charge in [0, 0.05) is 5.70 Å². The van der Waals surface area contributed by atoms with Gasteiger partial charge >= 0.3 is 0 Å². The summed E-state index contributed by atoms with van der Waals surface area (Å²) in [4.78, 5) is 7.45. The van der Waals surface area contributed by atoms with Crippen LogP contribution in [-0.4, -0.2) is 21.5 Å². The Morgan fingerprint density at radius 2 is 2.50 bits per heavy atom.